The van der Waals surface area contributed by atoms with Crippen molar-refractivity contribution >= 4 is 33.3 Å². The molecule has 0 bridgehead atoms. The third-order valence-electron chi connectivity index (χ3n) is 5.38. The number of esters is 1. The van der Waals surface area contributed by atoms with Crippen molar-refractivity contribution in [1.29, 1.82) is 0 Å². The molecule has 6 nitrogen and oxygen atoms in total. The highest BCUT2D eigenvalue weighted by Crippen LogP contribution is 2.39. The molecule has 2 aromatic heterocycles. The van der Waals surface area contributed by atoms with E-state index in [1.807, 2.05) is 13.8 Å². The lowest BCUT2D eigenvalue weighted by molar-refractivity contribution is 0.0605. The number of fused-ring (bicyclic) bond motifs is 2. The van der Waals surface area contributed by atoms with Gasteiger partial charge in [-0.15, -0.1) is 11.3 Å². The maximum absolute atomic E-state index is 12.0. The number of anilines is 1. The van der Waals surface area contributed by atoms with Crippen LogP contribution in [0.15, 0.2) is 0 Å². The van der Waals surface area contributed by atoms with Crippen molar-refractivity contribution in [2.24, 2.45) is 5.92 Å². The van der Waals surface area contributed by atoms with E-state index < -0.39 is 0 Å². The van der Waals surface area contributed by atoms with Gasteiger partial charge in [-0.1, -0.05) is 0 Å². The fourth-order valence-corrected chi connectivity index (χ4v) is 5.31. The van der Waals surface area contributed by atoms with E-state index in [2.05, 4.69) is 15.3 Å². The number of carbonyl (C=O) groups is 1. The molecule has 3 atom stereocenters. The molecule has 3 unspecified atom stereocenters. The lowest BCUT2D eigenvalue weighted by Gasteiger charge is -2.33. The molecule has 1 aliphatic heterocycles. The Morgan fingerprint density at radius 1 is 1.28 bits per heavy atom. The maximum Gasteiger partial charge on any atom is 0.348 e. The summed E-state index contributed by atoms with van der Waals surface area (Å²) in [7, 11) is 1.41. The molecule has 1 saturated heterocycles. The molecule has 3 heterocycles. The molecule has 25 heavy (non-hydrogen) atoms. The first-order valence-corrected chi connectivity index (χ1v) is 9.64. The molecule has 1 aliphatic carbocycles. The Balaban J connectivity index is 1.73. The van der Waals surface area contributed by atoms with Crippen LogP contribution >= 0.6 is 11.3 Å². The molecular formula is C18H23N3O3S. The Labute approximate surface area is 150 Å². The van der Waals surface area contributed by atoms with Crippen LogP contribution in [0.3, 0.4) is 0 Å². The van der Waals surface area contributed by atoms with Crippen molar-refractivity contribution in [2.45, 2.75) is 51.7 Å². The number of nitrogens with zero attached hydrogens (tertiary/aromatic N) is 2. The van der Waals surface area contributed by atoms with E-state index in [9.17, 15) is 4.79 Å². The van der Waals surface area contributed by atoms with E-state index in [0.717, 1.165) is 47.5 Å². The zero-order valence-electron chi connectivity index (χ0n) is 14.8. The first-order chi connectivity index (χ1) is 12.1. The molecule has 0 spiro atoms. The summed E-state index contributed by atoms with van der Waals surface area (Å²) in [5.41, 5.74) is 0.893. The fraction of sp³-hybridized carbons (Fsp3) is 0.611. The zero-order valence-corrected chi connectivity index (χ0v) is 15.6. The van der Waals surface area contributed by atoms with Crippen LogP contribution in [0.4, 0.5) is 5.82 Å². The molecule has 134 valence electrons. The minimum atomic E-state index is -0.314. The second-order valence-electron chi connectivity index (χ2n) is 6.89. The van der Waals surface area contributed by atoms with Crippen molar-refractivity contribution in [3.8, 4) is 0 Å². The topological polar surface area (TPSA) is 73.3 Å². The van der Waals surface area contributed by atoms with E-state index in [0.29, 0.717) is 28.8 Å². The molecular weight excluding hydrogens is 338 g/mol. The summed E-state index contributed by atoms with van der Waals surface area (Å²) >= 11 is 1.38. The predicted molar refractivity (Wildman–Crippen MR) is 97.3 cm³/mol. The first-order valence-electron chi connectivity index (χ1n) is 8.82. The van der Waals surface area contributed by atoms with Gasteiger partial charge in [-0.3, -0.25) is 0 Å². The molecule has 1 N–H and O–H groups in total. The van der Waals surface area contributed by atoms with Gasteiger partial charge in [0, 0.05) is 18.6 Å². The molecule has 2 aromatic rings. The van der Waals surface area contributed by atoms with Gasteiger partial charge in [-0.25, -0.2) is 14.8 Å². The Bertz CT molecular complexity index is 819. The number of hydrogen-bond donors (Lipinski definition) is 1. The predicted octanol–water partition coefficient (Wildman–Crippen LogP) is 3.46. The second kappa shape index (κ2) is 6.53. The first kappa shape index (κ1) is 16.7. The summed E-state index contributed by atoms with van der Waals surface area (Å²) in [6, 6.07) is 0.361. The highest BCUT2D eigenvalue weighted by molar-refractivity contribution is 7.20. The Morgan fingerprint density at radius 2 is 2.12 bits per heavy atom. The highest BCUT2D eigenvalue weighted by atomic mass is 32.1. The second-order valence-corrected chi connectivity index (χ2v) is 7.89. The van der Waals surface area contributed by atoms with Crippen LogP contribution in [0.5, 0.6) is 0 Å². The average molecular weight is 361 g/mol. The van der Waals surface area contributed by atoms with Gasteiger partial charge in [0.1, 0.15) is 21.3 Å². The van der Waals surface area contributed by atoms with Crippen molar-refractivity contribution < 1.29 is 14.3 Å². The number of nitrogens with one attached hydrogen (secondary N) is 1. The number of rotatable bonds is 3. The summed E-state index contributed by atoms with van der Waals surface area (Å²) in [6.45, 7) is 4.69. The summed E-state index contributed by atoms with van der Waals surface area (Å²) in [5.74, 6) is 1.77. The Kier molecular flexibility index (Phi) is 4.37. The average Bonchev–Trinajstić information content (AvgIpc) is 3.19. The van der Waals surface area contributed by atoms with Crippen LogP contribution < -0.4 is 5.32 Å². The Hall–Kier alpha value is -1.73. The zero-order chi connectivity index (χ0) is 17.6. The van der Waals surface area contributed by atoms with E-state index in [4.69, 9.17) is 9.47 Å². The van der Waals surface area contributed by atoms with Crippen molar-refractivity contribution in [1.82, 2.24) is 9.97 Å². The van der Waals surface area contributed by atoms with Crippen LogP contribution in [0.1, 0.15) is 46.7 Å². The maximum atomic E-state index is 12.0. The van der Waals surface area contributed by atoms with Gasteiger partial charge < -0.3 is 14.8 Å². The number of ether oxygens (including phenoxy) is 2. The van der Waals surface area contributed by atoms with E-state index in [1.54, 1.807) is 0 Å². The molecule has 0 radical (unpaired) electrons. The molecule has 4 rings (SSSR count). The number of aryl methyl sites for hydroxylation is 2. The van der Waals surface area contributed by atoms with E-state index in [-0.39, 0.29) is 5.97 Å². The number of methoxy groups -OCH3 is 1. The van der Waals surface area contributed by atoms with Gasteiger partial charge >= 0.3 is 5.97 Å². The van der Waals surface area contributed by atoms with Crippen molar-refractivity contribution in [2.75, 3.05) is 19.0 Å². The summed E-state index contributed by atoms with van der Waals surface area (Å²) < 4.78 is 10.8. The number of carbonyl (C=O) groups excluding carboxylic acids is 1. The molecule has 7 heteroatoms. The molecule has 0 aromatic carbocycles. The van der Waals surface area contributed by atoms with Crippen LogP contribution in [-0.4, -0.2) is 41.8 Å². The standard InChI is InChI=1S/C18H23N3O3S/c1-9-14-16(21-12-5-4-6-13-11(12)7-8-24-13)19-10(2)20-17(14)25-15(9)18(22)23-3/h11-13H,4-8H2,1-3H3,(H,19,20,21). The summed E-state index contributed by atoms with van der Waals surface area (Å²) in [6.07, 6.45) is 4.93. The number of aromatic nitrogens is 2. The minimum Gasteiger partial charge on any atom is -0.465 e. The SMILES string of the molecule is COC(=O)c1sc2nc(C)nc(NC3CCCC4OCCC34)c2c1C. The van der Waals surface area contributed by atoms with Gasteiger partial charge in [0.2, 0.25) is 0 Å². The number of thiophene rings is 1. The lowest BCUT2D eigenvalue weighted by atomic mass is 9.82. The molecule has 2 aliphatic rings. The highest BCUT2D eigenvalue weighted by Gasteiger charge is 2.38. The van der Waals surface area contributed by atoms with Gasteiger partial charge in [0.05, 0.1) is 18.6 Å². The van der Waals surface area contributed by atoms with Gasteiger partial charge in [0.15, 0.2) is 0 Å². The Morgan fingerprint density at radius 3 is 2.92 bits per heavy atom. The molecule has 0 amide bonds. The fourth-order valence-electron chi connectivity index (χ4n) is 4.17. The monoisotopic (exact) mass is 361 g/mol. The quantitative estimate of drug-likeness (QED) is 0.844. The minimum absolute atomic E-state index is 0.314. The van der Waals surface area contributed by atoms with E-state index in [1.165, 1.54) is 24.9 Å². The summed E-state index contributed by atoms with van der Waals surface area (Å²) in [4.78, 5) is 22.7. The van der Waals surface area contributed by atoms with Gasteiger partial charge in [-0.2, -0.15) is 0 Å². The normalized spacial score (nSPS) is 25.8. The van der Waals surface area contributed by atoms with Crippen LogP contribution in [0.25, 0.3) is 10.2 Å². The summed E-state index contributed by atoms with van der Waals surface area (Å²) in [5, 5.41) is 4.61. The molecule has 1 saturated carbocycles. The van der Waals surface area contributed by atoms with Crippen LogP contribution in [-0.2, 0) is 9.47 Å². The van der Waals surface area contributed by atoms with Crippen LogP contribution in [0.2, 0.25) is 0 Å². The largest absolute Gasteiger partial charge is 0.465 e. The lowest BCUT2D eigenvalue weighted by Crippen LogP contribution is -2.38. The van der Waals surface area contributed by atoms with Crippen molar-refractivity contribution in [3.63, 3.8) is 0 Å². The smallest absolute Gasteiger partial charge is 0.348 e. The van der Waals surface area contributed by atoms with Crippen LogP contribution in [0, 0.1) is 19.8 Å². The number of hydrogen-bond acceptors (Lipinski definition) is 7. The third-order valence-corrected chi connectivity index (χ3v) is 6.54. The van der Waals surface area contributed by atoms with Gasteiger partial charge in [-0.05, 0) is 45.1 Å². The van der Waals surface area contributed by atoms with E-state index >= 15 is 0 Å². The third kappa shape index (κ3) is 2.89. The van der Waals surface area contributed by atoms with Gasteiger partial charge in [0.25, 0.3) is 0 Å². The molecule has 2 fully saturated rings. The van der Waals surface area contributed by atoms with Crippen molar-refractivity contribution in [3.05, 3.63) is 16.3 Å².